The molecule has 0 aromatic heterocycles. The van der Waals surface area contributed by atoms with Crippen molar-refractivity contribution in [3.05, 3.63) is 35.4 Å². The van der Waals surface area contributed by atoms with Crippen molar-refractivity contribution in [1.29, 1.82) is 0 Å². The van der Waals surface area contributed by atoms with Crippen LogP contribution in [0.2, 0.25) is 0 Å². The van der Waals surface area contributed by atoms with Crippen molar-refractivity contribution in [2.45, 2.75) is 38.8 Å². The van der Waals surface area contributed by atoms with Crippen LogP contribution in [0.5, 0.6) is 0 Å². The Kier molecular flexibility index (Phi) is 6.63. The van der Waals surface area contributed by atoms with Gasteiger partial charge in [0.2, 0.25) is 0 Å². The summed E-state index contributed by atoms with van der Waals surface area (Å²) in [6, 6.07) is 2.42. The molecule has 6 heteroatoms. The number of rotatable bonds is 3. The zero-order valence-electron chi connectivity index (χ0n) is 12.7. The van der Waals surface area contributed by atoms with Crippen LogP contribution in [0.25, 0.3) is 0 Å². The summed E-state index contributed by atoms with van der Waals surface area (Å²) in [5.41, 5.74) is -0.447. The molecule has 0 aliphatic carbocycles. The molecule has 1 rings (SSSR count). The molecule has 0 fully saturated rings. The predicted molar refractivity (Wildman–Crippen MR) is 81.7 cm³/mol. The summed E-state index contributed by atoms with van der Waals surface area (Å²) < 4.78 is 31.3. The lowest BCUT2D eigenvalue weighted by Crippen LogP contribution is -2.38. The number of amides is 1. The van der Waals surface area contributed by atoms with Crippen molar-refractivity contribution in [2.75, 3.05) is 5.88 Å². The Morgan fingerprint density at radius 2 is 1.91 bits per heavy atom. The molecule has 1 N–H and O–H groups in total. The minimum absolute atomic E-state index is 0.183. The highest BCUT2D eigenvalue weighted by Crippen LogP contribution is 2.08. The molecule has 0 saturated heterocycles. The summed E-state index contributed by atoms with van der Waals surface area (Å²) in [7, 11) is 0. The van der Waals surface area contributed by atoms with Gasteiger partial charge in [0.25, 0.3) is 0 Å². The van der Waals surface area contributed by atoms with Crippen LogP contribution in [-0.4, -0.2) is 23.6 Å². The minimum Gasteiger partial charge on any atom is -0.444 e. The molecule has 0 bridgehead atoms. The van der Waals surface area contributed by atoms with Crippen molar-refractivity contribution in [2.24, 2.45) is 0 Å². The first-order valence-corrected chi connectivity index (χ1v) is 7.26. The van der Waals surface area contributed by atoms with Crippen molar-refractivity contribution < 1.29 is 18.3 Å². The molecule has 1 atom stereocenters. The first-order chi connectivity index (χ1) is 10.2. The van der Waals surface area contributed by atoms with E-state index in [9.17, 15) is 13.6 Å². The highest BCUT2D eigenvalue weighted by atomic mass is 35.5. The third-order valence-corrected chi connectivity index (χ3v) is 2.56. The molecule has 0 spiro atoms. The maximum Gasteiger partial charge on any atom is 0.408 e. The van der Waals surface area contributed by atoms with Crippen molar-refractivity contribution in [3.8, 4) is 11.8 Å². The zero-order valence-corrected chi connectivity index (χ0v) is 13.4. The summed E-state index contributed by atoms with van der Waals surface area (Å²) in [6.07, 6.45) is -0.242. The molecule has 0 aliphatic rings. The fourth-order valence-electron chi connectivity index (χ4n) is 1.54. The number of benzene rings is 1. The van der Waals surface area contributed by atoms with Gasteiger partial charge in [-0.3, -0.25) is 0 Å². The number of ether oxygens (including phenoxy) is 1. The lowest BCUT2D eigenvalue weighted by molar-refractivity contribution is 0.0515. The normalized spacial score (nSPS) is 12.1. The number of carbonyl (C=O) groups excluding carboxylic acids is 1. The van der Waals surface area contributed by atoms with Crippen LogP contribution < -0.4 is 5.32 Å². The SMILES string of the molecule is CC(C)(C)OC(=O)NC(C#Cc1cc(F)cc(F)c1)CCCl. The zero-order chi connectivity index (χ0) is 16.8. The topological polar surface area (TPSA) is 38.3 Å². The van der Waals surface area contributed by atoms with Gasteiger partial charge in [-0.15, -0.1) is 11.6 Å². The lowest BCUT2D eigenvalue weighted by Gasteiger charge is -2.21. The third kappa shape index (κ3) is 7.28. The maximum absolute atomic E-state index is 13.1. The van der Waals surface area contributed by atoms with Crippen LogP contribution in [0.15, 0.2) is 18.2 Å². The number of hydrogen-bond donors (Lipinski definition) is 1. The second-order valence-corrected chi connectivity index (χ2v) is 5.98. The Balaban J connectivity index is 2.80. The molecule has 0 radical (unpaired) electrons. The van der Waals surface area contributed by atoms with E-state index in [0.29, 0.717) is 6.42 Å². The minimum atomic E-state index is -0.710. The second kappa shape index (κ2) is 8.00. The van der Waals surface area contributed by atoms with Gasteiger partial charge < -0.3 is 10.1 Å². The van der Waals surface area contributed by atoms with Gasteiger partial charge in [-0.05, 0) is 39.3 Å². The van der Waals surface area contributed by atoms with Crippen LogP contribution in [-0.2, 0) is 4.74 Å². The molecular weight excluding hydrogens is 312 g/mol. The fraction of sp³-hybridized carbons (Fsp3) is 0.438. The van der Waals surface area contributed by atoms with E-state index in [2.05, 4.69) is 17.2 Å². The number of alkyl halides is 1. The molecule has 0 aliphatic heterocycles. The average Bonchev–Trinajstić information content (AvgIpc) is 2.32. The molecule has 1 aromatic rings. The second-order valence-electron chi connectivity index (χ2n) is 5.60. The molecule has 22 heavy (non-hydrogen) atoms. The Hall–Kier alpha value is -1.80. The first-order valence-electron chi connectivity index (χ1n) is 6.73. The highest BCUT2D eigenvalue weighted by Gasteiger charge is 2.18. The quantitative estimate of drug-likeness (QED) is 0.676. The van der Waals surface area contributed by atoms with E-state index >= 15 is 0 Å². The van der Waals surface area contributed by atoms with Gasteiger partial charge >= 0.3 is 6.09 Å². The van der Waals surface area contributed by atoms with Gasteiger partial charge in [0.1, 0.15) is 17.2 Å². The van der Waals surface area contributed by atoms with E-state index in [-0.39, 0.29) is 11.4 Å². The van der Waals surface area contributed by atoms with Crippen molar-refractivity contribution in [3.63, 3.8) is 0 Å². The van der Waals surface area contributed by atoms with E-state index in [0.717, 1.165) is 18.2 Å². The van der Waals surface area contributed by atoms with E-state index < -0.39 is 29.4 Å². The highest BCUT2D eigenvalue weighted by molar-refractivity contribution is 6.17. The van der Waals surface area contributed by atoms with Gasteiger partial charge in [-0.25, -0.2) is 13.6 Å². The number of carbonyl (C=O) groups is 1. The molecule has 3 nitrogen and oxygen atoms in total. The van der Waals surface area contributed by atoms with Crippen LogP contribution >= 0.6 is 11.6 Å². The molecule has 1 amide bonds. The molecule has 0 saturated carbocycles. The summed E-state index contributed by atoms with van der Waals surface area (Å²) in [5, 5.41) is 2.57. The van der Waals surface area contributed by atoms with E-state index in [1.54, 1.807) is 20.8 Å². The van der Waals surface area contributed by atoms with E-state index in [1.165, 1.54) is 0 Å². The summed E-state index contributed by atoms with van der Waals surface area (Å²) >= 11 is 5.67. The van der Waals surface area contributed by atoms with E-state index in [4.69, 9.17) is 16.3 Å². The number of hydrogen-bond acceptors (Lipinski definition) is 2. The number of alkyl carbamates (subject to hydrolysis) is 1. The van der Waals surface area contributed by atoms with Crippen LogP contribution in [0, 0.1) is 23.5 Å². The Labute approximate surface area is 134 Å². The average molecular weight is 330 g/mol. The summed E-state index contributed by atoms with van der Waals surface area (Å²) in [5.74, 6) is 4.20. The Bertz CT molecular complexity index is 568. The van der Waals surface area contributed by atoms with Crippen molar-refractivity contribution >= 4 is 17.7 Å². The number of nitrogens with one attached hydrogen (secondary N) is 1. The maximum atomic E-state index is 13.1. The van der Waals surface area contributed by atoms with Crippen LogP contribution in [0.1, 0.15) is 32.8 Å². The molecule has 1 unspecified atom stereocenters. The monoisotopic (exact) mass is 329 g/mol. The summed E-state index contributed by atoms with van der Waals surface area (Å²) in [6.45, 7) is 5.22. The van der Waals surface area contributed by atoms with Crippen LogP contribution in [0.4, 0.5) is 13.6 Å². The predicted octanol–water partition coefficient (Wildman–Crippen LogP) is 3.84. The summed E-state index contributed by atoms with van der Waals surface area (Å²) in [4.78, 5) is 11.7. The third-order valence-electron chi connectivity index (χ3n) is 2.34. The molecule has 120 valence electrons. The number of halogens is 3. The van der Waals surface area contributed by atoms with E-state index in [1.807, 2.05) is 0 Å². The smallest absolute Gasteiger partial charge is 0.408 e. The first kappa shape index (κ1) is 18.2. The van der Waals surface area contributed by atoms with Gasteiger partial charge in [-0.2, -0.15) is 0 Å². The Morgan fingerprint density at radius 1 is 1.32 bits per heavy atom. The van der Waals surface area contributed by atoms with Gasteiger partial charge in [-0.1, -0.05) is 11.8 Å². The van der Waals surface area contributed by atoms with Gasteiger partial charge in [0.05, 0.1) is 6.04 Å². The Morgan fingerprint density at radius 3 is 2.41 bits per heavy atom. The van der Waals surface area contributed by atoms with Gasteiger partial charge in [0, 0.05) is 17.5 Å². The van der Waals surface area contributed by atoms with Gasteiger partial charge in [0.15, 0.2) is 0 Å². The largest absolute Gasteiger partial charge is 0.444 e. The van der Waals surface area contributed by atoms with Crippen LogP contribution in [0.3, 0.4) is 0 Å². The molecule has 1 aromatic carbocycles. The standard InChI is InChI=1S/C16H18ClF2NO2/c1-16(2,3)22-15(21)20-14(6-7-17)5-4-11-8-12(18)10-13(19)9-11/h8-10,14H,6-7H2,1-3H3,(H,20,21). The fourth-order valence-corrected chi connectivity index (χ4v) is 1.75. The molecule has 0 heterocycles. The van der Waals surface area contributed by atoms with Crippen molar-refractivity contribution in [1.82, 2.24) is 5.32 Å². The molecular formula is C16H18ClF2NO2. The lowest BCUT2D eigenvalue weighted by atomic mass is 10.1.